The molecule has 0 unspecified atom stereocenters. The smallest absolute Gasteiger partial charge is 0.0655 e. The Morgan fingerprint density at radius 1 is 1.38 bits per heavy atom. The highest BCUT2D eigenvalue weighted by Crippen LogP contribution is 2.05. The Balaban J connectivity index is 3.17. The maximum absolute atomic E-state index is 3.85. The Morgan fingerprint density at radius 3 is 2.54 bits per heavy atom. The van der Waals surface area contributed by atoms with Crippen molar-refractivity contribution in [1.29, 1.82) is 0 Å². The fraction of sp³-hybridized carbons (Fsp3) is 0.333. The molecule has 0 aliphatic carbocycles. The third-order valence-electron chi connectivity index (χ3n) is 2.40. The molecular formula is C12H18Si. The fourth-order valence-corrected chi connectivity index (χ4v) is 2.96. The molecule has 0 saturated heterocycles. The van der Waals surface area contributed by atoms with E-state index in [4.69, 9.17) is 0 Å². The molecule has 0 spiro atoms. The fourth-order valence-electron chi connectivity index (χ4n) is 1.53. The first-order chi connectivity index (χ1) is 6.19. The number of aryl methyl sites for hydroxylation is 1. The summed E-state index contributed by atoms with van der Waals surface area (Å²) in [6, 6.07) is 6.76. The van der Waals surface area contributed by atoms with E-state index in [1.807, 2.05) is 6.08 Å². The minimum absolute atomic E-state index is 0.699. The van der Waals surface area contributed by atoms with Crippen LogP contribution in [0, 0.1) is 0 Å². The van der Waals surface area contributed by atoms with Gasteiger partial charge >= 0.3 is 0 Å². The summed E-state index contributed by atoms with van der Waals surface area (Å²) in [4.78, 5) is 0. The van der Waals surface area contributed by atoms with Gasteiger partial charge in [-0.25, -0.2) is 0 Å². The van der Waals surface area contributed by atoms with Crippen LogP contribution in [-0.4, -0.2) is 8.80 Å². The summed E-state index contributed by atoms with van der Waals surface area (Å²) in [6.07, 6.45) is 3.10. The van der Waals surface area contributed by atoms with E-state index in [2.05, 4.69) is 44.8 Å². The zero-order valence-electron chi connectivity index (χ0n) is 8.80. The topological polar surface area (TPSA) is 0 Å². The number of rotatable bonds is 3. The van der Waals surface area contributed by atoms with E-state index < -0.39 is 8.80 Å². The molecule has 0 heterocycles. The van der Waals surface area contributed by atoms with Gasteiger partial charge in [0.2, 0.25) is 0 Å². The predicted octanol–water partition coefficient (Wildman–Crippen LogP) is 2.59. The summed E-state index contributed by atoms with van der Waals surface area (Å²) in [5.74, 6) is 0. The molecule has 70 valence electrons. The van der Waals surface area contributed by atoms with E-state index in [-0.39, 0.29) is 0 Å². The van der Waals surface area contributed by atoms with Crippen molar-refractivity contribution >= 4 is 20.1 Å². The van der Waals surface area contributed by atoms with E-state index in [1.165, 1.54) is 11.1 Å². The molecule has 1 aromatic rings. The van der Waals surface area contributed by atoms with Gasteiger partial charge in [0.05, 0.1) is 8.80 Å². The van der Waals surface area contributed by atoms with Crippen LogP contribution in [0.4, 0.5) is 0 Å². The largest absolute Gasteiger partial charge is 0.0985 e. The molecule has 0 aromatic heterocycles. The highest BCUT2D eigenvalue weighted by atomic mass is 28.3. The van der Waals surface area contributed by atoms with Crippen molar-refractivity contribution in [2.75, 3.05) is 0 Å². The highest BCUT2D eigenvalue weighted by molar-refractivity contribution is 6.71. The highest BCUT2D eigenvalue weighted by Gasteiger charge is 2.05. The van der Waals surface area contributed by atoms with Gasteiger partial charge in [-0.05, 0) is 17.5 Å². The zero-order chi connectivity index (χ0) is 9.84. The lowest BCUT2D eigenvalue weighted by Gasteiger charge is -2.10. The molecule has 0 amide bonds. The van der Waals surface area contributed by atoms with Crippen molar-refractivity contribution in [3.05, 3.63) is 35.9 Å². The molecule has 1 heteroatoms. The second-order valence-corrected chi connectivity index (χ2v) is 6.61. The van der Waals surface area contributed by atoms with Crippen LogP contribution in [0.15, 0.2) is 24.8 Å². The first kappa shape index (κ1) is 10.3. The molecule has 0 bridgehead atoms. The van der Waals surface area contributed by atoms with Crippen LogP contribution in [0.5, 0.6) is 0 Å². The van der Waals surface area contributed by atoms with Gasteiger partial charge in [-0.1, -0.05) is 56.1 Å². The van der Waals surface area contributed by atoms with Gasteiger partial charge in [-0.15, -0.1) is 0 Å². The molecule has 0 nitrogen and oxygen atoms in total. The van der Waals surface area contributed by atoms with Crippen LogP contribution < -0.4 is 5.19 Å². The Hall–Kier alpha value is -0.823. The van der Waals surface area contributed by atoms with Gasteiger partial charge in [0, 0.05) is 0 Å². The number of benzene rings is 1. The second-order valence-electron chi connectivity index (χ2n) is 3.68. The standard InChI is InChI=1S/C12H18Si/c1-5-10-7-8-11(6-2)12(9-10)13(3)4/h6-9,13H,2,5H2,1,3-4H3. The van der Waals surface area contributed by atoms with E-state index in [1.54, 1.807) is 5.19 Å². The third-order valence-corrected chi connectivity index (χ3v) is 4.15. The van der Waals surface area contributed by atoms with Crippen molar-refractivity contribution < 1.29 is 0 Å². The molecule has 0 aliphatic heterocycles. The van der Waals surface area contributed by atoms with Crippen LogP contribution in [0.1, 0.15) is 18.1 Å². The maximum Gasteiger partial charge on any atom is 0.0655 e. The van der Waals surface area contributed by atoms with E-state index in [0.717, 1.165) is 6.42 Å². The molecule has 0 aliphatic rings. The normalized spacial score (nSPS) is 10.5. The molecule has 0 atom stereocenters. The first-order valence-electron chi connectivity index (χ1n) is 4.94. The van der Waals surface area contributed by atoms with E-state index in [9.17, 15) is 0 Å². The van der Waals surface area contributed by atoms with Crippen molar-refractivity contribution in [2.45, 2.75) is 26.4 Å². The molecule has 1 aromatic carbocycles. The third kappa shape index (κ3) is 2.31. The van der Waals surface area contributed by atoms with Crippen molar-refractivity contribution in [3.8, 4) is 0 Å². The Morgan fingerprint density at radius 2 is 2.08 bits per heavy atom. The van der Waals surface area contributed by atoms with Gasteiger partial charge < -0.3 is 0 Å². The Bertz CT molecular complexity index is 300. The summed E-state index contributed by atoms with van der Waals surface area (Å²) in [5.41, 5.74) is 2.78. The van der Waals surface area contributed by atoms with Gasteiger partial charge in [-0.2, -0.15) is 0 Å². The summed E-state index contributed by atoms with van der Waals surface area (Å²) in [7, 11) is -0.699. The van der Waals surface area contributed by atoms with Gasteiger partial charge in [0.25, 0.3) is 0 Å². The van der Waals surface area contributed by atoms with Gasteiger partial charge in [0.1, 0.15) is 0 Å². The van der Waals surface area contributed by atoms with Crippen LogP contribution in [0.25, 0.3) is 6.08 Å². The average Bonchev–Trinajstić information content (AvgIpc) is 2.16. The van der Waals surface area contributed by atoms with Gasteiger partial charge in [-0.3, -0.25) is 0 Å². The average molecular weight is 190 g/mol. The molecule has 0 fully saturated rings. The summed E-state index contributed by atoms with van der Waals surface area (Å²) in [6.45, 7) is 10.8. The van der Waals surface area contributed by atoms with Crippen molar-refractivity contribution in [3.63, 3.8) is 0 Å². The van der Waals surface area contributed by atoms with Gasteiger partial charge in [0.15, 0.2) is 0 Å². The van der Waals surface area contributed by atoms with Crippen LogP contribution >= 0.6 is 0 Å². The molecule has 0 N–H and O–H groups in total. The minimum Gasteiger partial charge on any atom is -0.0985 e. The lowest BCUT2D eigenvalue weighted by atomic mass is 10.1. The van der Waals surface area contributed by atoms with Crippen LogP contribution in [0.3, 0.4) is 0 Å². The van der Waals surface area contributed by atoms with Crippen LogP contribution in [0.2, 0.25) is 13.1 Å². The summed E-state index contributed by atoms with van der Waals surface area (Å²) < 4.78 is 0. The lowest BCUT2D eigenvalue weighted by molar-refractivity contribution is 1.14. The molecule has 13 heavy (non-hydrogen) atoms. The lowest BCUT2D eigenvalue weighted by Crippen LogP contribution is -2.25. The number of hydrogen-bond acceptors (Lipinski definition) is 0. The van der Waals surface area contributed by atoms with Crippen molar-refractivity contribution in [1.82, 2.24) is 0 Å². The molecule has 0 saturated carbocycles. The molecule has 0 radical (unpaired) electrons. The van der Waals surface area contributed by atoms with E-state index >= 15 is 0 Å². The zero-order valence-corrected chi connectivity index (χ0v) is 9.96. The van der Waals surface area contributed by atoms with Crippen molar-refractivity contribution in [2.24, 2.45) is 0 Å². The Labute approximate surface area is 82.9 Å². The quantitative estimate of drug-likeness (QED) is 0.643. The number of hydrogen-bond donors (Lipinski definition) is 0. The second kappa shape index (κ2) is 4.42. The maximum atomic E-state index is 3.85. The molecule has 1 rings (SSSR count). The Kier molecular flexibility index (Phi) is 3.49. The summed E-state index contributed by atoms with van der Waals surface area (Å²) in [5, 5.41) is 1.55. The summed E-state index contributed by atoms with van der Waals surface area (Å²) >= 11 is 0. The predicted molar refractivity (Wildman–Crippen MR) is 64.4 cm³/mol. The SMILES string of the molecule is C=Cc1ccc(CC)cc1[SiH](C)C. The monoisotopic (exact) mass is 190 g/mol. The molecular weight excluding hydrogens is 172 g/mol. The van der Waals surface area contributed by atoms with Crippen LogP contribution in [-0.2, 0) is 6.42 Å². The minimum atomic E-state index is -0.699. The van der Waals surface area contributed by atoms with E-state index in [0.29, 0.717) is 0 Å². The first-order valence-corrected chi connectivity index (χ1v) is 7.83.